The average molecular weight is 723 g/mol. The first-order valence-electron chi connectivity index (χ1n) is 19.9. The van der Waals surface area contributed by atoms with Crippen LogP contribution in [0.25, 0.3) is 88.4 Å². The van der Waals surface area contributed by atoms with Gasteiger partial charge in [-0.25, -0.2) is 0 Å². The van der Waals surface area contributed by atoms with Gasteiger partial charge in [-0.05, 0) is 156 Å². The molecule has 0 fully saturated rings. The summed E-state index contributed by atoms with van der Waals surface area (Å²) in [5.74, 6) is 0. The Balaban J connectivity index is 1.24. The van der Waals surface area contributed by atoms with E-state index in [0.717, 1.165) is 42.6 Å². The second kappa shape index (κ2) is 12.4. The molecule has 270 valence electrons. The zero-order valence-electron chi connectivity index (χ0n) is 32.0. The standard InChI is InChI=1S/C52H42N4/c1-4-31(2)47(29-53)55-45-21-17-35(33-11-7-5-8-12-33)25-41(45)43-27-37-16-20-40-50-38(15-19-39(49(37)50)51(43)55)28-44-42-26-36(34-13-9-6-10-14-34)18-22-46(42)56(52(40)44)48-30-54-24-23-32(48)3/h4-14,17-18,21-30H,15-16,19-20,53H2,1-3H3/b31-4-,47-29+. The van der Waals surface area contributed by atoms with E-state index in [9.17, 15) is 0 Å². The van der Waals surface area contributed by atoms with E-state index in [-0.39, 0.29) is 0 Å². The highest BCUT2D eigenvalue weighted by Crippen LogP contribution is 2.52. The summed E-state index contributed by atoms with van der Waals surface area (Å²) in [5, 5.41) is 5.22. The normalized spacial score (nSPS) is 14.0. The van der Waals surface area contributed by atoms with Gasteiger partial charge in [0.1, 0.15) is 0 Å². The van der Waals surface area contributed by atoms with Crippen molar-refractivity contribution in [2.24, 2.45) is 5.73 Å². The van der Waals surface area contributed by atoms with Crippen LogP contribution in [0.3, 0.4) is 0 Å². The summed E-state index contributed by atoms with van der Waals surface area (Å²) in [6.45, 7) is 6.48. The van der Waals surface area contributed by atoms with Crippen LogP contribution in [0.15, 0.2) is 146 Å². The number of fused-ring (bicyclic) bond motifs is 8. The van der Waals surface area contributed by atoms with E-state index in [1.807, 2.05) is 12.4 Å². The van der Waals surface area contributed by atoms with Gasteiger partial charge in [0.05, 0.1) is 39.6 Å². The van der Waals surface area contributed by atoms with E-state index < -0.39 is 0 Å². The number of allylic oxidation sites excluding steroid dienone is 3. The molecule has 0 saturated heterocycles. The smallest absolute Gasteiger partial charge is 0.0674 e. The number of hydrogen-bond donors (Lipinski definition) is 1. The zero-order chi connectivity index (χ0) is 37.7. The van der Waals surface area contributed by atoms with Gasteiger partial charge in [-0.15, -0.1) is 0 Å². The third kappa shape index (κ3) is 4.62. The van der Waals surface area contributed by atoms with Crippen molar-refractivity contribution in [1.29, 1.82) is 0 Å². The van der Waals surface area contributed by atoms with Gasteiger partial charge in [0.25, 0.3) is 0 Å². The molecule has 9 aromatic rings. The maximum Gasteiger partial charge on any atom is 0.0674 e. The largest absolute Gasteiger partial charge is 0.403 e. The summed E-state index contributed by atoms with van der Waals surface area (Å²) < 4.78 is 4.98. The molecule has 6 aromatic carbocycles. The maximum atomic E-state index is 6.56. The molecule has 4 nitrogen and oxygen atoms in total. The molecule has 0 bridgehead atoms. The molecule has 0 amide bonds. The van der Waals surface area contributed by atoms with Crippen molar-refractivity contribution in [3.05, 3.63) is 173 Å². The van der Waals surface area contributed by atoms with Gasteiger partial charge in [-0.2, -0.15) is 0 Å². The highest BCUT2D eigenvalue weighted by atomic mass is 15.0. The molecule has 0 unspecified atom stereocenters. The van der Waals surface area contributed by atoms with Gasteiger partial charge < -0.3 is 14.9 Å². The number of aryl methyl sites for hydroxylation is 5. The van der Waals surface area contributed by atoms with Crippen molar-refractivity contribution < 1.29 is 0 Å². The number of nitrogens with zero attached hydrogens (tertiary/aromatic N) is 3. The fourth-order valence-electron chi connectivity index (χ4n) is 10.00. The Labute approximate surface area is 326 Å². The van der Waals surface area contributed by atoms with Gasteiger partial charge in [0.15, 0.2) is 0 Å². The Kier molecular flexibility index (Phi) is 7.28. The minimum atomic E-state index is 0.974. The summed E-state index contributed by atoms with van der Waals surface area (Å²) >= 11 is 0. The van der Waals surface area contributed by atoms with Crippen molar-refractivity contribution in [2.45, 2.75) is 46.5 Å². The SMILES string of the molecule is C/C=C(C)\C(=C/N)n1c2ccc(-c3ccccc3)cc2c2cc3c4c(c21)CCc1cc2c5cc(-c6ccccc6)ccc5n(-c5cnccc5C)c2c(c1-4)CC3. The summed E-state index contributed by atoms with van der Waals surface area (Å²) in [6, 6.07) is 42.7. The molecule has 2 aliphatic carbocycles. The van der Waals surface area contributed by atoms with Gasteiger partial charge in [0, 0.05) is 33.9 Å². The molecule has 2 N–H and O–H groups in total. The second-order valence-corrected chi connectivity index (χ2v) is 15.6. The van der Waals surface area contributed by atoms with Crippen LogP contribution in [0.2, 0.25) is 0 Å². The first-order chi connectivity index (χ1) is 27.5. The lowest BCUT2D eigenvalue weighted by molar-refractivity contribution is 0.883. The van der Waals surface area contributed by atoms with E-state index in [1.54, 1.807) is 6.20 Å². The van der Waals surface area contributed by atoms with Crippen LogP contribution in [0.1, 0.15) is 41.7 Å². The molecule has 56 heavy (non-hydrogen) atoms. The van der Waals surface area contributed by atoms with Gasteiger partial charge in [-0.1, -0.05) is 78.9 Å². The van der Waals surface area contributed by atoms with Crippen LogP contribution in [0, 0.1) is 6.92 Å². The molecule has 3 heterocycles. The molecular formula is C52H42N4. The number of hydrogen-bond acceptors (Lipinski definition) is 2. The van der Waals surface area contributed by atoms with E-state index >= 15 is 0 Å². The first kappa shape index (κ1) is 32.8. The van der Waals surface area contributed by atoms with Crippen LogP contribution >= 0.6 is 0 Å². The fraction of sp³-hybridized carbons (Fsp3) is 0.135. The molecule has 4 heteroatoms. The van der Waals surface area contributed by atoms with Gasteiger partial charge >= 0.3 is 0 Å². The Morgan fingerprint density at radius 1 is 0.625 bits per heavy atom. The van der Waals surface area contributed by atoms with Crippen LogP contribution < -0.4 is 5.73 Å². The molecule has 0 atom stereocenters. The van der Waals surface area contributed by atoms with Crippen LogP contribution in [-0.4, -0.2) is 14.1 Å². The van der Waals surface area contributed by atoms with Gasteiger partial charge in [-0.3, -0.25) is 4.98 Å². The van der Waals surface area contributed by atoms with E-state index in [2.05, 4.69) is 156 Å². The predicted molar refractivity (Wildman–Crippen MR) is 235 cm³/mol. The average Bonchev–Trinajstić information content (AvgIpc) is 3.75. The zero-order valence-corrected chi connectivity index (χ0v) is 32.0. The quantitative estimate of drug-likeness (QED) is 0.180. The van der Waals surface area contributed by atoms with Crippen molar-refractivity contribution in [2.75, 3.05) is 0 Å². The number of rotatable bonds is 5. The minimum absolute atomic E-state index is 0.974. The molecule has 0 saturated carbocycles. The monoisotopic (exact) mass is 722 g/mol. The lowest BCUT2D eigenvalue weighted by Crippen LogP contribution is -2.16. The molecule has 0 aliphatic heterocycles. The highest BCUT2D eigenvalue weighted by molar-refractivity contribution is 6.17. The van der Waals surface area contributed by atoms with E-state index in [0.29, 0.717) is 0 Å². The highest BCUT2D eigenvalue weighted by Gasteiger charge is 2.33. The van der Waals surface area contributed by atoms with Crippen molar-refractivity contribution in [3.8, 4) is 39.1 Å². The van der Waals surface area contributed by atoms with E-state index in [4.69, 9.17) is 5.73 Å². The molecule has 11 rings (SSSR count). The third-order valence-electron chi connectivity index (χ3n) is 12.7. The van der Waals surface area contributed by atoms with Gasteiger partial charge in [0.2, 0.25) is 0 Å². The summed E-state index contributed by atoms with van der Waals surface area (Å²) in [6.07, 6.45) is 11.9. The fourth-order valence-corrected chi connectivity index (χ4v) is 10.00. The molecule has 0 radical (unpaired) electrons. The Morgan fingerprint density at radius 3 is 1.79 bits per heavy atom. The second-order valence-electron chi connectivity index (χ2n) is 15.6. The molecule has 0 spiro atoms. The minimum Gasteiger partial charge on any atom is -0.403 e. The number of pyridine rings is 1. The van der Waals surface area contributed by atoms with Crippen molar-refractivity contribution in [1.82, 2.24) is 14.1 Å². The van der Waals surface area contributed by atoms with Crippen molar-refractivity contribution >= 4 is 49.3 Å². The van der Waals surface area contributed by atoms with Crippen LogP contribution in [0.5, 0.6) is 0 Å². The molecular weight excluding hydrogens is 681 g/mol. The topological polar surface area (TPSA) is 48.8 Å². The number of nitrogens with two attached hydrogens (primary N) is 1. The lowest BCUT2D eigenvalue weighted by atomic mass is 9.74. The third-order valence-corrected chi connectivity index (χ3v) is 12.7. The predicted octanol–water partition coefficient (Wildman–Crippen LogP) is 12.5. The summed E-state index contributed by atoms with van der Waals surface area (Å²) in [5.41, 5.74) is 29.8. The number of benzene rings is 6. The van der Waals surface area contributed by atoms with Crippen LogP contribution in [-0.2, 0) is 25.7 Å². The Morgan fingerprint density at radius 2 is 1.20 bits per heavy atom. The molecule has 2 aliphatic rings. The summed E-state index contributed by atoms with van der Waals surface area (Å²) in [7, 11) is 0. The van der Waals surface area contributed by atoms with Crippen molar-refractivity contribution in [3.63, 3.8) is 0 Å². The number of aromatic nitrogens is 3. The Bertz CT molecular complexity index is 3150. The van der Waals surface area contributed by atoms with E-state index in [1.165, 1.54) is 105 Å². The van der Waals surface area contributed by atoms with Crippen LogP contribution in [0.4, 0.5) is 0 Å². The lowest BCUT2D eigenvalue weighted by Gasteiger charge is -2.31. The summed E-state index contributed by atoms with van der Waals surface area (Å²) in [4.78, 5) is 4.66. The first-order valence-corrected chi connectivity index (χ1v) is 19.9. The molecule has 3 aromatic heterocycles. The maximum absolute atomic E-state index is 6.56. The Hall–Kier alpha value is -6.65.